The molecule has 3 atom stereocenters. The minimum Gasteiger partial charge on any atom is -0.481 e. The summed E-state index contributed by atoms with van der Waals surface area (Å²) >= 11 is 0. The normalized spacial score (nSPS) is 32.1. The summed E-state index contributed by atoms with van der Waals surface area (Å²) in [6.07, 6.45) is 5.27. The van der Waals surface area contributed by atoms with Gasteiger partial charge in [-0.05, 0) is 50.9 Å². The van der Waals surface area contributed by atoms with Gasteiger partial charge in [0.2, 0.25) is 0 Å². The molecule has 0 aliphatic heterocycles. The zero-order chi connectivity index (χ0) is 15.9. The number of carboxylic acid groups (broad SMARTS) is 1. The van der Waals surface area contributed by atoms with E-state index in [0.29, 0.717) is 5.92 Å². The second-order valence-corrected chi connectivity index (χ2v) is 5.80. The predicted octanol–water partition coefficient (Wildman–Crippen LogP) is 5.68. The van der Waals surface area contributed by atoms with Crippen LogP contribution in [0, 0.1) is 17.3 Å². The number of fused-ring (bicyclic) bond motifs is 1. The van der Waals surface area contributed by atoms with Crippen molar-refractivity contribution in [1.29, 1.82) is 0 Å². The number of hydrogen-bond acceptors (Lipinski definition) is 1. The van der Waals surface area contributed by atoms with Crippen LogP contribution in [0.15, 0.2) is 11.1 Å². The SMILES string of the molecule is CC.CC.CC1=C(C)C2(C)CCCC(C(=O)O)C2CC1. The van der Waals surface area contributed by atoms with Crippen molar-refractivity contribution in [2.24, 2.45) is 17.3 Å². The molecule has 0 aromatic carbocycles. The highest BCUT2D eigenvalue weighted by Gasteiger charge is 2.47. The maximum atomic E-state index is 11.3. The monoisotopic (exact) mass is 282 g/mol. The van der Waals surface area contributed by atoms with E-state index in [0.717, 1.165) is 25.7 Å². The largest absolute Gasteiger partial charge is 0.481 e. The average Bonchev–Trinajstić information content (AvgIpc) is 2.47. The number of allylic oxidation sites excluding steroid dienone is 2. The van der Waals surface area contributed by atoms with Crippen LogP contribution in [0.2, 0.25) is 0 Å². The maximum absolute atomic E-state index is 11.3. The van der Waals surface area contributed by atoms with Crippen molar-refractivity contribution in [1.82, 2.24) is 0 Å². The molecule has 2 rings (SSSR count). The topological polar surface area (TPSA) is 37.3 Å². The first-order valence-corrected chi connectivity index (χ1v) is 8.36. The molecule has 1 saturated carbocycles. The lowest BCUT2D eigenvalue weighted by Gasteiger charge is -2.49. The van der Waals surface area contributed by atoms with E-state index in [9.17, 15) is 9.90 Å². The molecule has 0 aromatic heterocycles. The summed E-state index contributed by atoms with van der Waals surface area (Å²) in [7, 11) is 0. The minimum absolute atomic E-state index is 0.109. The van der Waals surface area contributed by atoms with E-state index >= 15 is 0 Å². The molecule has 3 unspecified atom stereocenters. The summed E-state index contributed by atoms with van der Waals surface area (Å²) in [5, 5.41) is 9.33. The van der Waals surface area contributed by atoms with Gasteiger partial charge in [0.1, 0.15) is 0 Å². The van der Waals surface area contributed by atoms with Crippen molar-refractivity contribution in [3.8, 4) is 0 Å². The second kappa shape index (κ2) is 8.49. The molecular formula is C18H34O2. The second-order valence-electron chi connectivity index (χ2n) is 5.80. The van der Waals surface area contributed by atoms with Crippen molar-refractivity contribution in [2.45, 2.75) is 80.6 Å². The minimum atomic E-state index is -0.580. The van der Waals surface area contributed by atoms with Crippen molar-refractivity contribution in [2.75, 3.05) is 0 Å². The van der Waals surface area contributed by atoms with Crippen LogP contribution >= 0.6 is 0 Å². The van der Waals surface area contributed by atoms with Gasteiger partial charge in [0, 0.05) is 0 Å². The lowest BCUT2D eigenvalue weighted by Crippen LogP contribution is -2.43. The fourth-order valence-corrected chi connectivity index (χ4v) is 3.85. The number of aliphatic carboxylic acids is 1. The molecule has 2 heteroatoms. The third kappa shape index (κ3) is 3.65. The Morgan fingerprint density at radius 1 is 1.15 bits per heavy atom. The third-order valence-corrected chi connectivity index (χ3v) is 5.16. The summed E-state index contributed by atoms with van der Waals surface area (Å²) in [5.41, 5.74) is 3.11. The van der Waals surface area contributed by atoms with Gasteiger partial charge in [-0.3, -0.25) is 4.79 Å². The highest BCUT2D eigenvalue weighted by Crippen LogP contribution is 2.54. The lowest BCUT2D eigenvalue weighted by molar-refractivity contribution is -0.147. The number of carboxylic acids is 1. The Hall–Kier alpha value is -0.790. The van der Waals surface area contributed by atoms with E-state index in [4.69, 9.17) is 0 Å². The summed E-state index contributed by atoms with van der Waals surface area (Å²) in [4.78, 5) is 11.3. The Balaban J connectivity index is 0.000000829. The van der Waals surface area contributed by atoms with Crippen LogP contribution in [-0.2, 0) is 4.79 Å². The zero-order valence-electron chi connectivity index (χ0n) is 14.5. The zero-order valence-corrected chi connectivity index (χ0v) is 14.5. The Morgan fingerprint density at radius 2 is 1.70 bits per heavy atom. The van der Waals surface area contributed by atoms with E-state index in [1.807, 2.05) is 27.7 Å². The molecule has 2 aliphatic carbocycles. The molecule has 0 radical (unpaired) electrons. The quantitative estimate of drug-likeness (QED) is 0.628. The van der Waals surface area contributed by atoms with E-state index in [1.54, 1.807) is 0 Å². The van der Waals surface area contributed by atoms with Crippen LogP contribution in [0.25, 0.3) is 0 Å². The predicted molar refractivity (Wildman–Crippen MR) is 86.9 cm³/mol. The van der Waals surface area contributed by atoms with Crippen LogP contribution in [0.3, 0.4) is 0 Å². The fourth-order valence-electron chi connectivity index (χ4n) is 3.85. The lowest BCUT2D eigenvalue weighted by atomic mass is 9.55. The molecule has 2 nitrogen and oxygen atoms in total. The summed E-state index contributed by atoms with van der Waals surface area (Å²) in [5.74, 6) is -0.326. The standard InChI is InChI=1S/C14H22O2.2C2H6/c1-9-6-7-12-11(13(15)16)5-4-8-14(12,3)10(9)2;2*1-2/h11-12H,4-8H2,1-3H3,(H,15,16);2*1-2H3. The first-order chi connectivity index (χ1) is 9.47. The van der Waals surface area contributed by atoms with Gasteiger partial charge in [0.15, 0.2) is 0 Å². The van der Waals surface area contributed by atoms with Crippen LogP contribution in [0.4, 0.5) is 0 Å². The maximum Gasteiger partial charge on any atom is 0.306 e. The Kier molecular flexibility index (Phi) is 8.15. The van der Waals surface area contributed by atoms with Crippen molar-refractivity contribution >= 4 is 5.97 Å². The van der Waals surface area contributed by atoms with Crippen molar-refractivity contribution in [3.63, 3.8) is 0 Å². The molecule has 0 spiro atoms. The fraction of sp³-hybridized carbons (Fsp3) is 0.833. The van der Waals surface area contributed by atoms with E-state index in [1.165, 1.54) is 17.6 Å². The molecule has 0 saturated heterocycles. The van der Waals surface area contributed by atoms with E-state index < -0.39 is 5.97 Å². The number of carbonyl (C=O) groups is 1. The molecule has 0 amide bonds. The molecule has 0 bridgehead atoms. The van der Waals surface area contributed by atoms with Crippen LogP contribution in [0.5, 0.6) is 0 Å². The first kappa shape index (κ1) is 19.2. The Morgan fingerprint density at radius 3 is 2.20 bits per heavy atom. The highest BCUT2D eigenvalue weighted by molar-refractivity contribution is 5.71. The average molecular weight is 282 g/mol. The van der Waals surface area contributed by atoms with Gasteiger partial charge in [-0.15, -0.1) is 0 Å². The van der Waals surface area contributed by atoms with Gasteiger partial charge in [0.05, 0.1) is 5.92 Å². The van der Waals surface area contributed by atoms with Crippen LogP contribution < -0.4 is 0 Å². The number of rotatable bonds is 1. The van der Waals surface area contributed by atoms with Gasteiger partial charge >= 0.3 is 5.97 Å². The van der Waals surface area contributed by atoms with Gasteiger partial charge in [-0.1, -0.05) is 52.2 Å². The Labute approximate surface area is 125 Å². The van der Waals surface area contributed by atoms with Crippen molar-refractivity contribution in [3.05, 3.63) is 11.1 Å². The summed E-state index contributed by atoms with van der Waals surface area (Å²) < 4.78 is 0. The molecule has 1 fully saturated rings. The first-order valence-electron chi connectivity index (χ1n) is 8.36. The molecule has 0 aromatic rings. The smallest absolute Gasteiger partial charge is 0.306 e. The summed E-state index contributed by atoms with van der Waals surface area (Å²) in [6, 6.07) is 0. The molecule has 118 valence electrons. The van der Waals surface area contributed by atoms with Crippen molar-refractivity contribution < 1.29 is 9.90 Å². The number of hydrogen-bond donors (Lipinski definition) is 1. The molecule has 1 N–H and O–H groups in total. The van der Waals surface area contributed by atoms with E-state index in [2.05, 4.69) is 20.8 Å². The van der Waals surface area contributed by atoms with E-state index in [-0.39, 0.29) is 11.3 Å². The van der Waals surface area contributed by atoms with Gasteiger partial charge < -0.3 is 5.11 Å². The highest BCUT2D eigenvalue weighted by atomic mass is 16.4. The van der Waals surface area contributed by atoms with Crippen LogP contribution in [-0.4, -0.2) is 11.1 Å². The molecular weight excluding hydrogens is 248 g/mol. The third-order valence-electron chi connectivity index (χ3n) is 5.16. The van der Waals surface area contributed by atoms with Crippen LogP contribution in [0.1, 0.15) is 80.6 Å². The Bertz CT molecular complexity index is 343. The summed E-state index contributed by atoms with van der Waals surface area (Å²) in [6.45, 7) is 14.7. The molecule has 2 aliphatic rings. The molecule has 0 heterocycles. The van der Waals surface area contributed by atoms with Gasteiger partial charge in [-0.2, -0.15) is 0 Å². The van der Waals surface area contributed by atoms with Gasteiger partial charge in [-0.25, -0.2) is 0 Å². The molecule has 20 heavy (non-hydrogen) atoms. The van der Waals surface area contributed by atoms with Gasteiger partial charge in [0.25, 0.3) is 0 Å².